The topological polar surface area (TPSA) is 67.4 Å². The fourth-order valence-corrected chi connectivity index (χ4v) is 1.77. The highest BCUT2D eigenvalue weighted by Crippen LogP contribution is 2.35. The number of nitrogens with one attached hydrogen (secondary N) is 2. The van der Waals surface area contributed by atoms with Crippen LogP contribution in [0.4, 0.5) is 0 Å². The Morgan fingerprint density at radius 2 is 2.07 bits per heavy atom. The van der Waals surface area contributed by atoms with Crippen molar-refractivity contribution >= 4 is 11.8 Å². The van der Waals surface area contributed by atoms with E-state index < -0.39 is 11.0 Å². The Morgan fingerprint density at radius 1 is 1.50 bits per heavy atom. The minimum absolute atomic E-state index is 0.105. The molecule has 1 saturated heterocycles. The molecule has 2 amide bonds. The third-order valence-corrected chi connectivity index (χ3v) is 2.50. The van der Waals surface area contributed by atoms with Crippen LogP contribution in [0.1, 0.15) is 27.2 Å². The van der Waals surface area contributed by atoms with Gasteiger partial charge in [-0.1, -0.05) is 13.8 Å². The summed E-state index contributed by atoms with van der Waals surface area (Å²) in [5.41, 5.74) is 0.868. The highest BCUT2D eigenvalue weighted by molar-refractivity contribution is 5.96. The smallest absolute Gasteiger partial charge is 0.268 e. The molecular weight excluding hydrogens is 184 g/mol. The maximum atomic E-state index is 11.5. The highest BCUT2D eigenvalue weighted by Gasteiger charge is 2.50. The molecule has 80 valence electrons. The van der Waals surface area contributed by atoms with Crippen LogP contribution in [0.5, 0.6) is 0 Å². The fraction of sp³-hybridized carbons (Fsp3) is 0.778. The number of hydrogen-bond acceptors (Lipinski definition) is 3. The van der Waals surface area contributed by atoms with E-state index in [1.807, 2.05) is 13.8 Å². The molecule has 1 rings (SSSR count). The van der Waals surface area contributed by atoms with Gasteiger partial charge in [-0.3, -0.25) is 14.4 Å². The molecule has 0 aliphatic carbocycles. The number of hydrogen-bond donors (Lipinski definition) is 2. The Labute approximate surface area is 83.1 Å². The summed E-state index contributed by atoms with van der Waals surface area (Å²) in [6, 6.07) is 0. The van der Waals surface area contributed by atoms with E-state index in [1.54, 1.807) is 6.92 Å². The Balaban J connectivity index is 2.80. The van der Waals surface area contributed by atoms with Gasteiger partial charge in [-0.05, 0) is 13.3 Å². The van der Waals surface area contributed by atoms with Gasteiger partial charge in [-0.2, -0.15) is 0 Å². The first kappa shape index (κ1) is 11.0. The number of amides is 2. The van der Waals surface area contributed by atoms with E-state index in [2.05, 4.69) is 15.6 Å². The lowest BCUT2D eigenvalue weighted by Crippen LogP contribution is -2.51. The van der Waals surface area contributed by atoms with Gasteiger partial charge in [-0.15, -0.1) is 0 Å². The average molecular weight is 200 g/mol. The summed E-state index contributed by atoms with van der Waals surface area (Å²) >= 11 is 0. The van der Waals surface area contributed by atoms with Crippen LogP contribution in [0.2, 0.25) is 0 Å². The first-order valence-corrected chi connectivity index (χ1v) is 4.48. The maximum Gasteiger partial charge on any atom is 0.268 e. The van der Waals surface area contributed by atoms with Crippen molar-refractivity contribution < 1.29 is 14.4 Å². The van der Waals surface area contributed by atoms with Gasteiger partial charge >= 0.3 is 0 Å². The van der Waals surface area contributed by atoms with Gasteiger partial charge in [0.05, 0.1) is 7.11 Å². The van der Waals surface area contributed by atoms with E-state index in [0.29, 0.717) is 6.42 Å². The third-order valence-electron chi connectivity index (χ3n) is 2.50. The van der Waals surface area contributed by atoms with E-state index in [0.717, 1.165) is 0 Å². The highest BCUT2D eigenvalue weighted by atomic mass is 16.6. The molecule has 1 atom stereocenters. The Hall–Kier alpha value is -1.10. The molecule has 0 saturated carbocycles. The predicted molar refractivity (Wildman–Crippen MR) is 50.1 cm³/mol. The maximum absolute atomic E-state index is 11.5. The second kappa shape index (κ2) is 3.24. The SMILES string of the molecule is CONC(=O)C1(C)CC(C)(C)C(=O)N1. The molecule has 2 N–H and O–H groups in total. The molecule has 0 spiro atoms. The Kier molecular flexibility index (Phi) is 2.54. The van der Waals surface area contributed by atoms with Crippen LogP contribution < -0.4 is 10.8 Å². The summed E-state index contributed by atoms with van der Waals surface area (Å²) in [6.07, 6.45) is 0.466. The summed E-state index contributed by atoms with van der Waals surface area (Å²) < 4.78 is 0. The van der Waals surface area contributed by atoms with Crippen LogP contribution in [0.3, 0.4) is 0 Å². The minimum atomic E-state index is -0.864. The van der Waals surface area contributed by atoms with Crippen LogP contribution in [0.15, 0.2) is 0 Å². The Morgan fingerprint density at radius 3 is 2.43 bits per heavy atom. The van der Waals surface area contributed by atoms with Gasteiger partial charge in [0.2, 0.25) is 5.91 Å². The summed E-state index contributed by atoms with van der Waals surface area (Å²) in [5.74, 6) is -0.426. The molecule has 1 fully saturated rings. The van der Waals surface area contributed by atoms with Crippen LogP contribution in [-0.4, -0.2) is 24.5 Å². The summed E-state index contributed by atoms with van der Waals surface area (Å²) in [4.78, 5) is 27.6. The van der Waals surface area contributed by atoms with Crippen molar-refractivity contribution in [3.05, 3.63) is 0 Å². The number of carbonyl (C=O) groups excluding carboxylic acids is 2. The second-order valence-electron chi connectivity index (χ2n) is 4.48. The number of hydroxylamine groups is 1. The molecule has 0 bridgehead atoms. The fourth-order valence-electron chi connectivity index (χ4n) is 1.77. The first-order valence-electron chi connectivity index (χ1n) is 4.48. The number of carbonyl (C=O) groups is 2. The van der Waals surface area contributed by atoms with E-state index in [4.69, 9.17) is 0 Å². The van der Waals surface area contributed by atoms with Gasteiger partial charge in [-0.25, -0.2) is 5.48 Å². The van der Waals surface area contributed by atoms with Gasteiger partial charge in [0.1, 0.15) is 5.54 Å². The lowest BCUT2D eigenvalue weighted by molar-refractivity contribution is -0.138. The minimum Gasteiger partial charge on any atom is -0.341 e. The average Bonchev–Trinajstić information content (AvgIpc) is 2.23. The molecule has 0 aromatic carbocycles. The van der Waals surface area contributed by atoms with Crippen molar-refractivity contribution in [3.63, 3.8) is 0 Å². The standard InChI is InChI=1S/C9H16N2O3/c1-8(2)5-9(3,10-6(8)12)7(13)11-14-4/h5H2,1-4H3,(H,10,12)(H,11,13). The van der Waals surface area contributed by atoms with Crippen LogP contribution in [0, 0.1) is 5.41 Å². The predicted octanol–water partition coefficient (Wildman–Crippen LogP) is -0.0312. The van der Waals surface area contributed by atoms with Crippen molar-refractivity contribution in [2.75, 3.05) is 7.11 Å². The molecular formula is C9H16N2O3. The Bertz CT molecular complexity index is 275. The molecule has 5 nitrogen and oxygen atoms in total. The summed E-state index contributed by atoms with van der Waals surface area (Å²) in [7, 11) is 1.36. The van der Waals surface area contributed by atoms with E-state index in [1.165, 1.54) is 7.11 Å². The molecule has 1 aliphatic rings. The largest absolute Gasteiger partial charge is 0.341 e. The molecule has 14 heavy (non-hydrogen) atoms. The first-order chi connectivity index (χ1) is 6.32. The molecule has 1 heterocycles. The molecule has 0 radical (unpaired) electrons. The van der Waals surface area contributed by atoms with Crippen molar-refractivity contribution in [1.29, 1.82) is 0 Å². The van der Waals surface area contributed by atoms with Crippen molar-refractivity contribution in [1.82, 2.24) is 10.8 Å². The molecule has 0 aromatic rings. The lowest BCUT2D eigenvalue weighted by atomic mass is 9.84. The quantitative estimate of drug-likeness (QED) is 0.615. The summed E-state index contributed by atoms with van der Waals surface area (Å²) in [5, 5.41) is 2.67. The van der Waals surface area contributed by atoms with Crippen molar-refractivity contribution in [2.24, 2.45) is 5.41 Å². The normalized spacial score (nSPS) is 29.9. The van der Waals surface area contributed by atoms with E-state index in [-0.39, 0.29) is 11.8 Å². The van der Waals surface area contributed by atoms with Gasteiger partial charge in [0.25, 0.3) is 5.91 Å². The molecule has 1 unspecified atom stereocenters. The van der Waals surface area contributed by atoms with Crippen molar-refractivity contribution in [3.8, 4) is 0 Å². The molecule has 0 aromatic heterocycles. The van der Waals surface area contributed by atoms with Gasteiger partial charge in [0.15, 0.2) is 0 Å². The lowest BCUT2D eigenvalue weighted by Gasteiger charge is -2.22. The number of rotatable bonds is 2. The van der Waals surface area contributed by atoms with Gasteiger partial charge in [0, 0.05) is 5.41 Å². The van der Waals surface area contributed by atoms with Crippen molar-refractivity contribution in [2.45, 2.75) is 32.7 Å². The zero-order valence-electron chi connectivity index (χ0n) is 8.93. The second-order valence-corrected chi connectivity index (χ2v) is 4.48. The summed E-state index contributed by atoms with van der Waals surface area (Å²) in [6.45, 7) is 5.31. The van der Waals surface area contributed by atoms with Gasteiger partial charge < -0.3 is 5.32 Å². The van der Waals surface area contributed by atoms with Crippen LogP contribution >= 0.6 is 0 Å². The zero-order valence-corrected chi connectivity index (χ0v) is 8.93. The van der Waals surface area contributed by atoms with Crippen LogP contribution in [0.25, 0.3) is 0 Å². The molecule has 5 heteroatoms. The van der Waals surface area contributed by atoms with E-state index in [9.17, 15) is 9.59 Å². The zero-order chi connectivity index (χ0) is 11.0. The van der Waals surface area contributed by atoms with E-state index >= 15 is 0 Å². The third kappa shape index (κ3) is 1.72. The van der Waals surface area contributed by atoms with Crippen LogP contribution in [-0.2, 0) is 14.4 Å². The molecule has 1 aliphatic heterocycles. The monoisotopic (exact) mass is 200 g/mol.